The Kier molecular flexibility index (Phi) is 5.19. The fourth-order valence-corrected chi connectivity index (χ4v) is 3.08. The van der Waals surface area contributed by atoms with Gasteiger partial charge in [0, 0.05) is 26.7 Å². The number of methoxy groups -OCH3 is 1. The molecule has 0 radical (unpaired) electrons. The van der Waals surface area contributed by atoms with E-state index in [1.807, 2.05) is 0 Å². The van der Waals surface area contributed by atoms with Crippen LogP contribution >= 0.6 is 0 Å². The SMILES string of the molecule is COC1(C(=O)CCCCC2CCOCC2)CCC1. The standard InChI is InChI=1S/C15H26O3/c1-17-15(9-4-10-15)14(16)6-3-2-5-13-7-11-18-12-8-13/h13H,2-12H2,1H3. The summed E-state index contributed by atoms with van der Waals surface area (Å²) >= 11 is 0. The number of hydrogen-bond acceptors (Lipinski definition) is 3. The van der Waals surface area contributed by atoms with Gasteiger partial charge in [0.25, 0.3) is 0 Å². The van der Waals surface area contributed by atoms with Crippen molar-refractivity contribution in [3.63, 3.8) is 0 Å². The van der Waals surface area contributed by atoms with Crippen molar-refractivity contribution in [2.45, 2.75) is 63.4 Å². The van der Waals surface area contributed by atoms with Gasteiger partial charge >= 0.3 is 0 Å². The molecule has 0 aromatic rings. The Morgan fingerprint density at radius 3 is 2.56 bits per heavy atom. The summed E-state index contributed by atoms with van der Waals surface area (Å²) in [4.78, 5) is 12.1. The molecule has 3 nitrogen and oxygen atoms in total. The van der Waals surface area contributed by atoms with Gasteiger partial charge < -0.3 is 9.47 Å². The third kappa shape index (κ3) is 3.33. The normalized spacial score (nSPS) is 23.6. The maximum absolute atomic E-state index is 12.1. The molecular formula is C15H26O3. The van der Waals surface area contributed by atoms with E-state index in [9.17, 15) is 4.79 Å². The van der Waals surface area contributed by atoms with Crippen LogP contribution in [-0.2, 0) is 14.3 Å². The first-order valence-electron chi connectivity index (χ1n) is 7.43. The van der Waals surface area contributed by atoms with E-state index in [0.29, 0.717) is 12.2 Å². The molecule has 2 fully saturated rings. The minimum Gasteiger partial charge on any atom is -0.381 e. The molecule has 104 valence electrons. The Balaban J connectivity index is 1.58. The van der Waals surface area contributed by atoms with Crippen LogP contribution in [0.3, 0.4) is 0 Å². The summed E-state index contributed by atoms with van der Waals surface area (Å²) in [7, 11) is 1.68. The van der Waals surface area contributed by atoms with E-state index in [-0.39, 0.29) is 0 Å². The molecule has 18 heavy (non-hydrogen) atoms. The molecule has 1 aliphatic carbocycles. The lowest BCUT2D eigenvalue weighted by Gasteiger charge is -2.38. The lowest BCUT2D eigenvalue weighted by molar-refractivity contribution is -0.151. The van der Waals surface area contributed by atoms with Gasteiger partial charge in [0.15, 0.2) is 5.78 Å². The third-order valence-corrected chi connectivity index (χ3v) is 4.67. The van der Waals surface area contributed by atoms with Crippen molar-refractivity contribution >= 4 is 5.78 Å². The van der Waals surface area contributed by atoms with Crippen LogP contribution in [0.25, 0.3) is 0 Å². The van der Waals surface area contributed by atoms with Crippen LogP contribution < -0.4 is 0 Å². The predicted octanol–water partition coefficient (Wildman–Crippen LogP) is 3.11. The van der Waals surface area contributed by atoms with Crippen LogP contribution in [0.2, 0.25) is 0 Å². The zero-order valence-electron chi connectivity index (χ0n) is 11.6. The number of carbonyl (C=O) groups is 1. The highest BCUT2D eigenvalue weighted by atomic mass is 16.5. The van der Waals surface area contributed by atoms with Gasteiger partial charge in [-0.1, -0.05) is 12.8 Å². The maximum Gasteiger partial charge on any atom is 0.164 e. The van der Waals surface area contributed by atoms with E-state index >= 15 is 0 Å². The summed E-state index contributed by atoms with van der Waals surface area (Å²) in [6.45, 7) is 1.85. The number of hydrogen-bond donors (Lipinski definition) is 0. The van der Waals surface area contributed by atoms with E-state index in [2.05, 4.69) is 0 Å². The van der Waals surface area contributed by atoms with Gasteiger partial charge in [0.2, 0.25) is 0 Å². The largest absolute Gasteiger partial charge is 0.381 e. The summed E-state index contributed by atoms with van der Waals surface area (Å²) in [5, 5.41) is 0. The number of ketones is 1. The first-order valence-corrected chi connectivity index (χ1v) is 7.43. The van der Waals surface area contributed by atoms with Crippen molar-refractivity contribution in [2.24, 2.45) is 5.92 Å². The molecule has 1 aliphatic heterocycles. The first-order chi connectivity index (χ1) is 8.77. The fourth-order valence-electron chi connectivity index (χ4n) is 3.08. The van der Waals surface area contributed by atoms with Crippen molar-refractivity contribution < 1.29 is 14.3 Å². The van der Waals surface area contributed by atoms with Crippen LogP contribution in [0.5, 0.6) is 0 Å². The van der Waals surface area contributed by atoms with E-state index in [1.54, 1.807) is 7.11 Å². The predicted molar refractivity (Wildman–Crippen MR) is 70.6 cm³/mol. The van der Waals surface area contributed by atoms with E-state index in [0.717, 1.165) is 44.8 Å². The lowest BCUT2D eigenvalue weighted by Crippen LogP contribution is -2.46. The molecule has 0 unspecified atom stereocenters. The van der Waals surface area contributed by atoms with Gasteiger partial charge in [-0.25, -0.2) is 0 Å². The van der Waals surface area contributed by atoms with Gasteiger partial charge in [-0.3, -0.25) is 4.79 Å². The molecule has 1 saturated carbocycles. The van der Waals surface area contributed by atoms with Gasteiger partial charge in [0.05, 0.1) is 0 Å². The highest BCUT2D eigenvalue weighted by Gasteiger charge is 2.43. The Hall–Kier alpha value is -0.410. The highest BCUT2D eigenvalue weighted by molar-refractivity contribution is 5.88. The number of carbonyl (C=O) groups excluding carboxylic acids is 1. The Bertz CT molecular complexity index is 259. The van der Waals surface area contributed by atoms with Gasteiger partial charge in [0.1, 0.15) is 5.60 Å². The van der Waals surface area contributed by atoms with Crippen LogP contribution in [0.4, 0.5) is 0 Å². The highest BCUT2D eigenvalue weighted by Crippen LogP contribution is 2.37. The monoisotopic (exact) mass is 254 g/mol. The number of rotatable bonds is 7. The Morgan fingerprint density at radius 2 is 2.00 bits per heavy atom. The van der Waals surface area contributed by atoms with Crippen molar-refractivity contribution in [1.29, 1.82) is 0 Å². The first kappa shape index (κ1) is 14.0. The average molecular weight is 254 g/mol. The molecule has 0 spiro atoms. The summed E-state index contributed by atoms with van der Waals surface area (Å²) in [6, 6.07) is 0. The van der Waals surface area contributed by atoms with Gasteiger partial charge in [-0.2, -0.15) is 0 Å². The van der Waals surface area contributed by atoms with Crippen molar-refractivity contribution in [2.75, 3.05) is 20.3 Å². The summed E-state index contributed by atoms with van der Waals surface area (Å²) < 4.78 is 10.8. The van der Waals surface area contributed by atoms with E-state index < -0.39 is 5.60 Å². The van der Waals surface area contributed by atoms with Crippen LogP contribution in [0.1, 0.15) is 57.8 Å². The molecule has 1 heterocycles. The van der Waals surface area contributed by atoms with Crippen molar-refractivity contribution in [3.05, 3.63) is 0 Å². The van der Waals surface area contributed by atoms with Gasteiger partial charge in [-0.05, 0) is 44.4 Å². The summed E-state index contributed by atoms with van der Waals surface area (Å²) in [5.74, 6) is 1.16. The molecule has 0 amide bonds. The molecule has 0 aromatic heterocycles. The van der Waals surface area contributed by atoms with E-state index in [1.165, 1.54) is 25.7 Å². The second kappa shape index (κ2) is 6.67. The molecule has 0 aromatic carbocycles. The smallest absolute Gasteiger partial charge is 0.164 e. The summed E-state index contributed by atoms with van der Waals surface area (Å²) in [5.41, 5.74) is -0.390. The zero-order chi connectivity index (χ0) is 12.8. The number of unbranched alkanes of at least 4 members (excludes halogenated alkanes) is 1. The van der Waals surface area contributed by atoms with Crippen molar-refractivity contribution in [3.8, 4) is 0 Å². The second-order valence-electron chi connectivity index (χ2n) is 5.78. The zero-order valence-corrected chi connectivity index (χ0v) is 11.6. The molecule has 3 heteroatoms. The fraction of sp³-hybridized carbons (Fsp3) is 0.933. The molecule has 0 N–H and O–H groups in total. The number of Topliss-reactive ketones (excluding diaryl/α,β-unsaturated/α-hetero) is 1. The maximum atomic E-state index is 12.1. The minimum absolute atomic E-state index is 0.336. The topological polar surface area (TPSA) is 35.5 Å². The quantitative estimate of drug-likeness (QED) is 0.655. The number of ether oxygens (including phenoxy) is 2. The van der Waals surface area contributed by atoms with Crippen molar-refractivity contribution in [1.82, 2.24) is 0 Å². The molecule has 0 atom stereocenters. The molecular weight excluding hydrogens is 228 g/mol. The van der Waals surface area contributed by atoms with Gasteiger partial charge in [-0.15, -0.1) is 0 Å². The Labute approximate surface area is 110 Å². The van der Waals surface area contributed by atoms with Crippen LogP contribution in [0.15, 0.2) is 0 Å². The minimum atomic E-state index is -0.390. The molecule has 1 saturated heterocycles. The molecule has 0 bridgehead atoms. The lowest BCUT2D eigenvalue weighted by atomic mass is 9.75. The molecule has 2 aliphatic rings. The van der Waals surface area contributed by atoms with E-state index in [4.69, 9.17) is 9.47 Å². The Morgan fingerprint density at radius 1 is 1.28 bits per heavy atom. The van der Waals surface area contributed by atoms with Crippen LogP contribution in [0, 0.1) is 5.92 Å². The third-order valence-electron chi connectivity index (χ3n) is 4.67. The summed E-state index contributed by atoms with van der Waals surface area (Å²) in [6.07, 6.45) is 9.59. The average Bonchev–Trinajstić information content (AvgIpc) is 2.35. The van der Waals surface area contributed by atoms with Crippen LogP contribution in [-0.4, -0.2) is 31.7 Å². The molecule has 2 rings (SSSR count). The second-order valence-corrected chi connectivity index (χ2v) is 5.78.